The van der Waals surface area contributed by atoms with E-state index < -0.39 is 0 Å². The molecule has 2 aromatic rings. The summed E-state index contributed by atoms with van der Waals surface area (Å²) in [5.74, 6) is -0.152. The van der Waals surface area contributed by atoms with Crippen LogP contribution < -0.4 is 11.1 Å². The molecule has 5 nitrogen and oxygen atoms in total. The fourth-order valence-corrected chi connectivity index (χ4v) is 3.35. The van der Waals surface area contributed by atoms with Crippen molar-refractivity contribution >= 4 is 41.5 Å². The van der Waals surface area contributed by atoms with Crippen LogP contribution in [0.4, 0.5) is 0 Å². The third-order valence-electron chi connectivity index (χ3n) is 3.95. The number of amides is 1. The van der Waals surface area contributed by atoms with Crippen molar-refractivity contribution in [3.63, 3.8) is 0 Å². The minimum Gasteiger partial charge on any atom is -0.351 e. The number of nitrogens with one attached hydrogen (secondary N) is 1. The first-order valence-electron chi connectivity index (χ1n) is 7.66. The molecule has 3 rings (SSSR count). The number of rotatable bonds is 5. The molecule has 3 N–H and O–H groups in total. The molecule has 1 aliphatic carbocycles. The van der Waals surface area contributed by atoms with E-state index >= 15 is 0 Å². The molecule has 1 aliphatic rings. The molecule has 1 aromatic heterocycles. The zero-order valence-electron chi connectivity index (χ0n) is 13.0. The number of hydrogen-bond donors (Lipinski definition) is 2. The minimum atomic E-state index is -0.152. The van der Waals surface area contributed by atoms with E-state index in [1.807, 2.05) is 6.07 Å². The highest BCUT2D eigenvalue weighted by Gasteiger charge is 2.27. The van der Waals surface area contributed by atoms with Crippen molar-refractivity contribution in [3.8, 4) is 5.69 Å². The van der Waals surface area contributed by atoms with E-state index in [0.717, 1.165) is 42.6 Å². The molecule has 8 heteroatoms. The smallest absolute Gasteiger partial charge is 0.272 e. The number of halogens is 3. The zero-order chi connectivity index (χ0) is 16.4. The highest BCUT2D eigenvalue weighted by Crippen LogP contribution is 2.31. The average molecular weight is 390 g/mol. The first-order chi connectivity index (χ1) is 11.1. The van der Waals surface area contributed by atoms with Gasteiger partial charge in [0.05, 0.1) is 10.7 Å². The van der Waals surface area contributed by atoms with Crippen molar-refractivity contribution in [1.29, 1.82) is 0 Å². The summed E-state index contributed by atoms with van der Waals surface area (Å²) >= 11 is 12.3. The van der Waals surface area contributed by atoms with Crippen LogP contribution in [-0.2, 0) is 12.8 Å². The van der Waals surface area contributed by atoms with Gasteiger partial charge in [0, 0.05) is 22.8 Å². The van der Waals surface area contributed by atoms with Gasteiger partial charge in [-0.15, -0.1) is 12.4 Å². The summed E-state index contributed by atoms with van der Waals surface area (Å²) in [6.07, 6.45) is 3.51. The number of carbonyl (C=O) groups is 1. The van der Waals surface area contributed by atoms with Gasteiger partial charge in [0.15, 0.2) is 5.69 Å². The number of nitrogens with zero attached hydrogens (tertiary/aromatic N) is 2. The second-order valence-electron chi connectivity index (χ2n) is 5.53. The van der Waals surface area contributed by atoms with Crippen LogP contribution in [0.5, 0.6) is 0 Å². The molecule has 130 valence electrons. The molecule has 1 heterocycles. The molecular formula is C16H19Cl3N4O. The van der Waals surface area contributed by atoms with Crippen molar-refractivity contribution in [3.05, 3.63) is 45.2 Å². The SMILES string of the molecule is Cl.NCCCNC(=O)c1nn(-c2ccc(Cl)cc2Cl)c2c1CCC2. The second-order valence-corrected chi connectivity index (χ2v) is 6.38. The largest absolute Gasteiger partial charge is 0.351 e. The summed E-state index contributed by atoms with van der Waals surface area (Å²) in [6, 6.07) is 5.28. The van der Waals surface area contributed by atoms with Crippen molar-refractivity contribution in [1.82, 2.24) is 15.1 Å². The van der Waals surface area contributed by atoms with Gasteiger partial charge in [-0.3, -0.25) is 4.79 Å². The van der Waals surface area contributed by atoms with E-state index in [-0.39, 0.29) is 18.3 Å². The fourth-order valence-electron chi connectivity index (χ4n) is 2.86. The van der Waals surface area contributed by atoms with E-state index in [9.17, 15) is 4.79 Å². The Morgan fingerprint density at radius 1 is 1.33 bits per heavy atom. The van der Waals surface area contributed by atoms with Gasteiger partial charge in [0.25, 0.3) is 5.91 Å². The maximum atomic E-state index is 12.4. The Bertz CT molecular complexity index is 745. The monoisotopic (exact) mass is 388 g/mol. The number of benzene rings is 1. The van der Waals surface area contributed by atoms with E-state index in [1.165, 1.54) is 0 Å². The van der Waals surface area contributed by atoms with E-state index in [4.69, 9.17) is 28.9 Å². The lowest BCUT2D eigenvalue weighted by Crippen LogP contribution is -2.27. The predicted molar refractivity (Wildman–Crippen MR) is 98.9 cm³/mol. The molecule has 0 unspecified atom stereocenters. The summed E-state index contributed by atoms with van der Waals surface area (Å²) in [7, 11) is 0. The zero-order valence-corrected chi connectivity index (χ0v) is 15.3. The van der Waals surface area contributed by atoms with Gasteiger partial charge in [0.1, 0.15) is 0 Å². The number of nitrogens with two attached hydrogens (primary N) is 1. The Morgan fingerprint density at radius 3 is 2.83 bits per heavy atom. The van der Waals surface area contributed by atoms with Gasteiger partial charge in [-0.2, -0.15) is 5.10 Å². The molecule has 24 heavy (non-hydrogen) atoms. The Kier molecular flexibility index (Phi) is 6.52. The fraction of sp³-hybridized carbons (Fsp3) is 0.375. The highest BCUT2D eigenvalue weighted by molar-refractivity contribution is 6.35. The molecule has 0 spiro atoms. The molecule has 0 bridgehead atoms. The quantitative estimate of drug-likeness (QED) is 0.771. The molecule has 1 amide bonds. The maximum Gasteiger partial charge on any atom is 0.272 e. The van der Waals surface area contributed by atoms with Gasteiger partial charge in [-0.05, 0) is 50.4 Å². The lowest BCUT2D eigenvalue weighted by atomic mass is 10.2. The third-order valence-corrected chi connectivity index (χ3v) is 4.49. The van der Waals surface area contributed by atoms with Crippen LogP contribution in [0.25, 0.3) is 5.69 Å². The van der Waals surface area contributed by atoms with Gasteiger partial charge >= 0.3 is 0 Å². The van der Waals surface area contributed by atoms with Gasteiger partial charge in [-0.1, -0.05) is 23.2 Å². The number of aromatic nitrogens is 2. The van der Waals surface area contributed by atoms with Gasteiger partial charge < -0.3 is 11.1 Å². The summed E-state index contributed by atoms with van der Waals surface area (Å²) in [5.41, 5.74) is 8.76. The second kappa shape index (κ2) is 8.21. The molecule has 0 radical (unpaired) electrons. The van der Waals surface area contributed by atoms with Crippen LogP contribution in [0.1, 0.15) is 34.6 Å². The molecule has 0 saturated heterocycles. The van der Waals surface area contributed by atoms with Gasteiger partial charge in [0.2, 0.25) is 0 Å². The van der Waals surface area contributed by atoms with E-state index in [2.05, 4.69) is 10.4 Å². The summed E-state index contributed by atoms with van der Waals surface area (Å²) < 4.78 is 1.78. The Hall–Kier alpha value is -1.27. The lowest BCUT2D eigenvalue weighted by molar-refractivity contribution is 0.0947. The Balaban J connectivity index is 0.00000208. The van der Waals surface area contributed by atoms with Crippen LogP contribution in [0.3, 0.4) is 0 Å². The molecule has 0 atom stereocenters. The summed E-state index contributed by atoms with van der Waals surface area (Å²) in [4.78, 5) is 12.4. The Labute approximate surface area is 156 Å². The van der Waals surface area contributed by atoms with Crippen LogP contribution in [0.15, 0.2) is 18.2 Å². The Morgan fingerprint density at radius 2 is 2.12 bits per heavy atom. The van der Waals surface area contributed by atoms with Crippen LogP contribution in [0.2, 0.25) is 10.0 Å². The number of fused-ring (bicyclic) bond motifs is 1. The van der Waals surface area contributed by atoms with Crippen molar-refractivity contribution in [2.75, 3.05) is 13.1 Å². The summed E-state index contributed by atoms with van der Waals surface area (Å²) in [5, 5.41) is 8.48. The standard InChI is InChI=1S/C16H18Cl2N4O.ClH/c17-10-5-6-14(12(18)9-10)22-13-4-1-3-11(13)15(21-22)16(23)20-8-2-7-19;/h5-6,9H,1-4,7-8,19H2,(H,20,23);1H. The number of hydrogen-bond acceptors (Lipinski definition) is 3. The van der Waals surface area contributed by atoms with Crippen molar-refractivity contribution < 1.29 is 4.79 Å². The molecule has 0 fully saturated rings. The first-order valence-corrected chi connectivity index (χ1v) is 8.42. The third kappa shape index (κ3) is 3.70. The van der Waals surface area contributed by atoms with Crippen LogP contribution in [0, 0.1) is 0 Å². The predicted octanol–water partition coefficient (Wildman–Crippen LogP) is 3.17. The van der Waals surface area contributed by atoms with E-state index in [0.29, 0.717) is 28.8 Å². The lowest BCUT2D eigenvalue weighted by Gasteiger charge is -2.08. The number of carbonyl (C=O) groups excluding carboxylic acids is 1. The summed E-state index contributed by atoms with van der Waals surface area (Å²) in [6.45, 7) is 1.10. The van der Waals surface area contributed by atoms with E-state index in [1.54, 1.807) is 16.8 Å². The minimum absolute atomic E-state index is 0. The average Bonchev–Trinajstić information content (AvgIpc) is 3.10. The molecule has 0 aliphatic heterocycles. The van der Waals surface area contributed by atoms with Crippen molar-refractivity contribution in [2.45, 2.75) is 25.7 Å². The first kappa shape index (κ1) is 19.1. The molecular weight excluding hydrogens is 371 g/mol. The normalized spacial score (nSPS) is 12.6. The van der Waals surface area contributed by atoms with Crippen LogP contribution >= 0.6 is 35.6 Å². The molecule has 1 aromatic carbocycles. The van der Waals surface area contributed by atoms with Crippen LogP contribution in [-0.4, -0.2) is 28.8 Å². The van der Waals surface area contributed by atoms with Gasteiger partial charge in [-0.25, -0.2) is 4.68 Å². The molecule has 0 saturated carbocycles. The maximum absolute atomic E-state index is 12.4. The topological polar surface area (TPSA) is 72.9 Å². The van der Waals surface area contributed by atoms with Crippen molar-refractivity contribution in [2.24, 2.45) is 5.73 Å². The highest BCUT2D eigenvalue weighted by atomic mass is 35.5.